The van der Waals surface area contributed by atoms with Gasteiger partial charge in [-0.25, -0.2) is 10.2 Å². The standard InChI is InChI=1S/C23H22ClN3O3/c1-3-30-23(29)20-13-21(18-9-11-19(24)12-10-18)27(16(20)2)15-22(28)26-25-14-17-7-5-4-6-8-17/h4-14H,3,15H2,1-2H3,(H,26,28)/b25-14+. The number of rotatable bonds is 7. The molecule has 0 saturated heterocycles. The molecule has 30 heavy (non-hydrogen) atoms. The summed E-state index contributed by atoms with van der Waals surface area (Å²) in [5.74, 6) is -0.738. The number of hydrogen-bond donors (Lipinski definition) is 1. The van der Waals surface area contributed by atoms with E-state index >= 15 is 0 Å². The number of ether oxygens (including phenoxy) is 1. The number of nitrogens with zero attached hydrogens (tertiary/aromatic N) is 2. The third-order valence-electron chi connectivity index (χ3n) is 4.51. The number of nitrogens with one attached hydrogen (secondary N) is 1. The molecule has 7 heteroatoms. The van der Waals surface area contributed by atoms with Crippen molar-refractivity contribution >= 4 is 29.7 Å². The number of hydrazone groups is 1. The van der Waals surface area contributed by atoms with Crippen LogP contribution in [0.3, 0.4) is 0 Å². The van der Waals surface area contributed by atoms with Gasteiger partial charge in [-0.3, -0.25) is 4.79 Å². The summed E-state index contributed by atoms with van der Waals surface area (Å²) in [5.41, 5.74) is 6.01. The van der Waals surface area contributed by atoms with Crippen molar-refractivity contribution in [3.8, 4) is 11.3 Å². The highest BCUT2D eigenvalue weighted by atomic mass is 35.5. The molecule has 1 N–H and O–H groups in total. The number of benzene rings is 2. The van der Waals surface area contributed by atoms with Gasteiger partial charge in [-0.15, -0.1) is 0 Å². The largest absolute Gasteiger partial charge is 0.462 e. The van der Waals surface area contributed by atoms with Crippen molar-refractivity contribution in [1.82, 2.24) is 9.99 Å². The Hall–Kier alpha value is -3.38. The summed E-state index contributed by atoms with van der Waals surface area (Å²) in [6.07, 6.45) is 1.57. The molecule has 0 atom stereocenters. The van der Waals surface area contributed by atoms with Gasteiger partial charge in [-0.05, 0) is 43.2 Å². The molecule has 0 bridgehead atoms. The number of halogens is 1. The molecule has 0 fully saturated rings. The highest BCUT2D eigenvalue weighted by Gasteiger charge is 2.20. The summed E-state index contributed by atoms with van der Waals surface area (Å²) in [4.78, 5) is 24.9. The second-order valence-electron chi connectivity index (χ2n) is 6.55. The van der Waals surface area contributed by atoms with Crippen molar-refractivity contribution in [2.24, 2.45) is 5.10 Å². The molecule has 2 aromatic carbocycles. The Morgan fingerprint density at radius 1 is 1.13 bits per heavy atom. The molecular weight excluding hydrogens is 402 g/mol. The summed E-state index contributed by atoms with van der Waals surface area (Å²) in [5, 5.41) is 4.61. The molecular formula is C23H22ClN3O3. The fraction of sp³-hybridized carbons (Fsp3) is 0.174. The molecule has 3 rings (SSSR count). The highest BCUT2D eigenvalue weighted by Crippen LogP contribution is 2.27. The summed E-state index contributed by atoms with van der Waals surface area (Å²) in [7, 11) is 0. The first-order valence-electron chi connectivity index (χ1n) is 9.49. The van der Waals surface area contributed by atoms with Gasteiger partial charge in [0.25, 0.3) is 5.91 Å². The van der Waals surface area contributed by atoms with E-state index in [9.17, 15) is 9.59 Å². The van der Waals surface area contributed by atoms with E-state index in [1.165, 1.54) is 0 Å². The number of carbonyl (C=O) groups is 2. The average Bonchev–Trinajstić information content (AvgIpc) is 3.06. The number of carbonyl (C=O) groups excluding carboxylic acids is 2. The van der Waals surface area contributed by atoms with Crippen molar-refractivity contribution in [3.05, 3.63) is 82.5 Å². The van der Waals surface area contributed by atoms with Gasteiger partial charge in [-0.1, -0.05) is 54.1 Å². The molecule has 0 aliphatic rings. The number of aromatic nitrogens is 1. The van der Waals surface area contributed by atoms with Gasteiger partial charge < -0.3 is 9.30 Å². The number of hydrogen-bond acceptors (Lipinski definition) is 4. The first kappa shape index (κ1) is 21.3. The fourth-order valence-corrected chi connectivity index (χ4v) is 3.15. The lowest BCUT2D eigenvalue weighted by Crippen LogP contribution is -2.24. The summed E-state index contributed by atoms with van der Waals surface area (Å²) in [6.45, 7) is 3.80. The maximum absolute atomic E-state index is 12.5. The summed E-state index contributed by atoms with van der Waals surface area (Å²) >= 11 is 6.00. The molecule has 1 aromatic heterocycles. The van der Waals surface area contributed by atoms with E-state index in [-0.39, 0.29) is 19.1 Å². The Kier molecular flexibility index (Phi) is 7.03. The number of esters is 1. The van der Waals surface area contributed by atoms with Crippen molar-refractivity contribution in [3.63, 3.8) is 0 Å². The third-order valence-corrected chi connectivity index (χ3v) is 4.76. The molecule has 0 aliphatic heterocycles. The van der Waals surface area contributed by atoms with E-state index in [0.29, 0.717) is 16.3 Å². The molecule has 1 amide bonds. The van der Waals surface area contributed by atoms with Crippen molar-refractivity contribution in [2.75, 3.05) is 6.61 Å². The molecule has 0 saturated carbocycles. The van der Waals surface area contributed by atoms with Crippen LogP contribution in [0.5, 0.6) is 0 Å². The maximum Gasteiger partial charge on any atom is 0.339 e. The van der Waals surface area contributed by atoms with Gasteiger partial charge in [0.2, 0.25) is 0 Å². The van der Waals surface area contributed by atoms with Crippen LogP contribution in [0.2, 0.25) is 5.02 Å². The van der Waals surface area contributed by atoms with Crippen molar-refractivity contribution in [1.29, 1.82) is 0 Å². The van der Waals surface area contributed by atoms with Crippen LogP contribution in [0.4, 0.5) is 0 Å². The van der Waals surface area contributed by atoms with E-state index in [2.05, 4.69) is 10.5 Å². The smallest absolute Gasteiger partial charge is 0.339 e. The lowest BCUT2D eigenvalue weighted by molar-refractivity contribution is -0.121. The maximum atomic E-state index is 12.5. The van der Waals surface area contributed by atoms with Crippen LogP contribution in [0.15, 0.2) is 65.8 Å². The van der Waals surface area contributed by atoms with Crippen LogP contribution in [0, 0.1) is 6.92 Å². The Bertz CT molecular complexity index is 1060. The normalized spacial score (nSPS) is 10.9. The van der Waals surface area contributed by atoms with Crippen molar-refractivity contribution < 1.29 is 14.3 Å². The van der Waals surface area contributed by atoms with Gasteiger partial charge in [0.05, 0.1) is 18.4 Å². The summed E-state index contributed by atoms with van der Waals surface area (Å²) in [6, 6.07) is 18.4. The van der Waals surface area contributed by atoms with Crippen LogP contribution >= 0.6 is 11.6 Å². The van der Waals surface area contributed by atoms with Crippen LogP contribution in [0.25, 0.3) is 11.3 Å². The van der Waals surface area contributed by atoms with Crippen LogP contribution in [-0.4, -0.2) is 29.3 Å². The SMILES string of the molecule is CCOC(=O)c1cc(-c2ccc(Cl)cc2)n(CC(=O)N/N=C/c2ccccc2)c1C. The predicted octanol–water partition coefficient (Wildman–Crippen LogP) is 4.44. The fourth-order valence-electron chi connectivity index (χ4n) is 3.02. The first-order valence-corrected chi connectivity index (χ1v) is 9.87. The minimum atomic E-state index is -0.425. The Morgan fingerprint density at radius 2 is 1.83 bits per heavy atom. The topological polar surface area (TPSA) is 72.7 Å². The Labute approximate surface area is 180 Å². The van der Waals surface area contributed by atoms with Gasteiger partial charge in [-0.2, -0.15) is 5.10 Å². The van der Waals surface area contributed by atoms with E-state index in [1.807, 2.05) is 42.5 Å². The minimum Gasteiger partial charge on any atom is -0.462 e. The van der Waals surface area contributed by atoms with E-state index in [1.54, 1.807) is 42.8 Å². The highest BCUT2D eigenvalue weighted by molar-refractivity contribution is 6.30. The lowest BCUT2D eigenvalue weighted by atomic mass is 10.1. The minimum absolute atomic E-state index is 0.00464. The number of amides is 1. The van der Waals surface area contributed by atoms with Crippen LogP contribution in [0.1, 0.15) is 28.5 Å². The zero-order valence-electron chi connectivity index (χ0n) is 16.8. The van der Waals surface area contributed by atoms with Crippen LogP contribution in [-0.2, 0) is 16.1 Å². The molecule has 0 unspecified atom stereocenters. The van der Waals surface area contributed by atoms with E-state index in [4.69, 9.17) is 16.3 Å². The van der Waals surface area contributed by atoms with E-state index < -0.39 is 5.97 Å². The lowest BCUT2D eigenvalue weighted by Gasteiger charge is -2.11. The predicted molar refractivity (Wildman–Crippen MR) is 118 cm³/mol. The summed E-state index contributed by atoms with van der Waals surface area (Å²) < 4.78 is 6.92. The van der Waals surface area contributed by atoms with Crippen molar-refractivity contribution in [2.45, 2.75) is 20.4 Å². The second-order valence-corrected chi connectivity index (χ2v) is 6.98. The monoisotopic (exact) mass is 423 g/mol. The van der Waals surface area contributed by atoms with Gasteiger partial charge in [0.1, 0.15) is 6.54 Å². The van der Waals surface area contributed by atoms with Crippen LogP contribution < -0.4 is 5.43 Å². The van der Waals surface area contributed by atoms with Gasteiger partial charge in [0, 0.05) is 16.4 Å². The van der Waals surface area contributed by atoms with E-state index in [0.717, 1.165) is 16.8 Å². The second kappa shape index (κ2) is 9.89. The Morgan fingerprint density at radius 3 is 2.50 bits per heavy atom. The zero-order chi connectivity index (χ0) is 21.5. The molecule has 154 valence electrons. The van der Waals surface area contributed by atoms with Gasteiger partial charge >= 0.3 is 5.97 Å². The quantitative estimate of drug-likeness (QED) is 0.347. The molecule has 0 spiro atoms. The Balaban J connectivity index is 1.86. The molecule has 0 aliphatic carbocycles. The molecule has 6 nitrogen and oxygen atoms in total. The zero-order valence-corrected chi connectivity index (χ0v) is 17.5. The molecule has 0 radical (unpaired) electrons. The molecule has 3 aromatic rings. The first-order chi connectivity index (χ1) is 14.5. The average molecular weight is 424 g/mol. The third kappa shape index (κ3) is 5.15. The molecule has 1 heterocycles. The van der Waals surface area contributed by atoms with Gasteiger partial charge in [0.15, 0.2) is 0 Å².